The lowest BCUT2D eigenvalue weighted by atomic mass is 10.2. The summed E-state index contributed by atoms with van der Waals surface area (Å²) in [6, 6.07) is 2.11. The van der Waals surface area contributed by atoms with Crippen LogP contribution < -0.4 is 11.1 Å². The molecule has 0 unspecified atom stereocenters. The quantitative estimate of drug-likeness (QED) is 0.792. The van der Waals surface area contributed by atoms with E-state index in [0.717, 1.165) is 12.1 Å². The average molecular weight is 239 g/mol. The minimum absolute atomic E-state index is 0.0431. The van der Waals surface area contributed by atoms with Gasteiger partial charge in [0, 0.05) is 12.7 Å². The predicted molar refractivity (Wildman–Crippen MR) is 59.1 cm³/mol. The van der Waals surface area contributed by atoms with Gasteiger partial charge in [-0.2, -0.15) is 5.10 Å². The summed E-state index contributed by atoms with van der Waals surface area (Å²) < 4.78 is 28.3. The molecule has 2 rings (SSSR count). The van der Waals surface area contributed by atoms with Crippen LogP contribution in [0.1, 0.15) is 5.82 Å². The molecule has 0 bridgehead atoms. The second-order valence-electron chi connectivity index (χ2n) is 3.55. The molecule has 1 aromatic heterocycles. The van der Waals surface area contributed by atoms with E-state index in [4.69, 9.17) is 5.73 Å². The molecule has 0 saturated heterocycles. The van der Waals surface area contributed by atoms with E-state index in [2.05, 4.69) is 15.4 Å². The van der Waals surface area contributed by atoms with Gasteiger partial charge in [-0.25, -0.2) is 13.8 Å². The first-order valence-electron chi connectivity index (χ1n) is 4.89. The summed E-state index contributed by atoms with van der Waals surface area (Å²) in [5, 5.41) is 6.57. The van der Waals surface area contributed by atoms with E-state index in [0.29, 0.717) is 5.82 Å². The number of nitrogen functional groups attached to an aromatic ring is 1. The molecule has 17 heavy (non-hydrogen) atoms. The van der Waals surface area contributed by atoms with Gasteiger partial charge in [-0.1, -0.05) is 0 Å². The van der Waals surface area contributed by atoms with Gasteiger partial charge in [-0.05, 0) is 12.1 Å². The Bertz CT molecular complexity index is 514. The monoisotopic (exact) mass is 239 g/mol. The van der Waals surface area contributed by atoms with Crippen LogP contribution in [0, 0.1) is 11.6 Å². The Hall–Kier alpha value is -2.18. The number of hydrogen-bond donors (Lipinski definition) is 2. The fraction of sp³-hybridized carbons (Fsp3) is 0.200. The molecule has 0 saturated carbocycles. The summed E-state index contributed by atoms with van der Waals surface area (Å²) in [6.07, 6.45) is 1.51. The Morgan fingerprint density at radius 2 is 2.00 bits per heavy atom. The van der Waals surface area contributed by atoms with Crippen LogP contribution in [-0.2, 0) is 13.6 Å². The largest absolute Gasteiger partial charge is 0.399 e. The van der Waals surface area contributed by atoms with E-state index in [9.17, 15) is 8.78 Å². The summed E-state index contributed by atoms with van der Waals surface area (Å²) in [4.78, 5) is 3.93. The lowest BCUT2D eigenvalue weighted by Gasteiger charge is -2.07. The van der Waals surface area contributed by atoms with Gasteiger partial charge in [0.15, 0.2) is 17.5 Å². The molecule has 3 N–H and O–H groups in total. The smallest absolute Gasteiger partial charge is 0.169 e. The van der Waals surface area contributed by atoms with Crippen LogP contribution in [-0.4, -0.2) is 14.8 Å². The van der Waals surface area contributed by atoms with Crippen LogP contribution in [0.3, 0.4) is 0 Å². The van der Waals surface area contributed by atoms with Gasteiger partial charge >= 0.3 is 0 Å². The van der Waals surface area contributed by atoms with Crippen LogP contribution >= 0.6 is 0 Å². The van der Waals surface area contributed by atoms with Gasteiger partial charge in [-0.3, -0.25) is 4.68 Å². The minimum atomic E-state index is -0.738. The highest BCUT2D eigenvalue weighted by molar-refractivity contribution is 5.53. The second kappa shape index (κ2) is 4.36. The molecule has 0 aliphatic heterocycles. The van der Waals surface area contributed by atoms with E-state index >= 15 is 0 Å². The summed E-state index contributed by atoms with van der Waals surface area (Å²) in [5.74, 6) is -1.03. The number of anilines is 2. The van der Waals surface area contributed by atoms with Crippen molar-refractivity contribution < 1.29 is 8.78 Å². The lowest BCUT2D eigenvalue weighted by Crippen LogP contribution is -2.06. The van der Waals surface area contributed by atoms with Gasteiger partial charge in [0.25, 0.3) is 0 Å². The zero-order chi connectivity index (χ0) is 12.4. The number of hydrogen-bond acceptors (Lipinski definition) is 4. The number of aromatic nitrogens is 3. The Kier molecular flexibility index (Phi) is 2.90. The van der Waals surface area contributed by atoms with Crippen molar-refractivity contribution in [2.45, 2.75) is 6.54 Å². The number of benzene rings is 1. The van der Waals surface area contributed by atoms with Crippen LogP contribution in [0.25, 0.3) is 0 Å². The van der Waals surface area contributed by atoms with E-state index in [1.165, 1.54) is 11.0 Å². The fourth-order valence-corrected chi connectivity index (χ4v) is 1.39. The number of nitrogens with one attached hydrogen (secondary N) is 1. The third kappa shape index (κ3) is 2.49. The molecule has 0 spiro atoms. The van der Waals surface area contributed by atoms with Crippen LogP contribution in [0.4, 0.5) is 20.2 Å². The summed E-state index contributed by atoms with van der Waals surface area (Å²) >= 11 is 0. The highest BCUT2D eigenvalue weighted by Gasteiger charge is 2.10. The number of nitrogens with two attached hydrogens (primary N) is 1. The first-order chi connectivity index (χ1) is 8.06. The molecule has 2 aromatic rings. The highest BCUT2D eigenvalue weighted by Crippen LogP contribution is 2.22. The summed E-state index contributed by atoms with van der Waals surface area (Å²) in [6.45, 7) is 0.137. The van der Waals surface area contributed by atoms with E-state index in [1.54, 1.807) is 7.05 Å². The van der Waals surface area contributed by atoms with Crippen molar-refractivity contribution in [3.63, 3.8) is 0 Å². The molecule has 0 atom stereocenters. The fourth-order valence-electron chi connectivity index (χ4n) is 1.39. The maximum atomic E-state index is 13.4. The molecule has 5 nitrogen and oxygen atoms in total. The standard InChI is InChI=1S/C10H11F2N5/c1-17-5-15-9(16-17)4-14-10-7(11)2-6(13)3-8(10)12/h2-3,5,14H,4,13H2,1H3. The molecule has 0 aliphatic carbocycles. The zero-order valence-corrected chi connectivity index (χ0v) is 9.11. The first kappa shape index (κ1) is 11.3. The maximum absolute atomic E-state index is 13.4. The molecular weight excluding hydrogens is 228 g/mol. The van der Waals surface area contributed by atoms with Crippen molar-refractivity contribution in [2.75, 3.05) is 11.1 Å². The predicted octanol–water partition coefficient (Wildman–Crippen LogP) is 1.29. The van der Waals surface area contributed by atoms with Crippen LogP contribution in [0.15, 0.2) is 18.5 Å². The molecule has 0 radical (unpaired) electrons. The van der Waals surface area contributed by atoms with Gasteiger partial charge < -0.3 is 11.1 Å². The molecule has 0 amide bonds. The third-order valence-corrected chi connectivity index (χ3v) is 2.13. The molecule has 7 heteroatoms. The zero-order valence-electron chi connectivity index (χ0n) is 9.11. The molecule has 0 fully saturated rings. The Morgan fingerprint density at radius 3 is 2.53 bits per heavy atom. The molecular formula is C10H11F2N5. The Balaban J connectivity index is 2.14. The van der Waals surface area contributed by atoms with Gasteiger partial charge in [0.05, 0.1) is 6.54 Å². The van der Waals surface area contributed by atoms with Crippen molar-refractivity contribution in [1.29, 1.82) is 0 Å². The van der Waals surface area contributed by atoms with Crippen molar-refractivity contribution in [3.05, 3.63) is 35.9 Å². The second-order valence-corrected chi connectivity index (χ2v) is 3.55. The average Bonchev–Trinajstić information content (AvgIpc) is 2.62. The van der Waals surface area contributed by atoms with Crippen molar-refractivity contribution in [2.24, 2.45) is 7.05 Å². The van der Waals surface area contributed by atoms with Crippen LogP contribution in [0.5, 0.6) is 0 Å². The normalized spacial score (nSPS) is 10.5. The number of rotatable bonds is 3. The summed E-state index contributed by atoms with van der Waals surface area (Å²) in [7, 11) is 1.71. The van der Waals surface area contributed by atoms with Gasteiger partial charge in [-0.15, -0.1) is 0 Å². The number of aryl methyl sites for hydroxylation is 1. The Morgan fingerprint density at radius 1 is 1.35 bits per heavy atom. The van der Waals surface area contributed by atoms with Crippen LogP contribution in [0.2, 0.25) is 0 Å². The molecule has 1 heterocycles. The van der Waals surface area contributed by atoms with E-state index in [1.807, 2.05) is 0 Å². The van der Waals surface area contributed by atoms with E-state index < -0.39 is 11.6 Å². The SMILES string of the molecule is Cn1cnc(CNc2c(F)cc(N)cc2F)n1. The molecule has 1 aromatic carbocycles. The van der Waals surface area contributed by atoms with E-state index in [-0.39, 0.29) is 17.9 Å². The highest BCUT2D eigenvalue weighted by atomic mass is 19.1. The van der Waals surface area contributed by atoms with Crippen molar-refractivity contribution in [1.82, 2.24) is 14.8 Å². The first-order valence-corrected chi connectivity index (χ1v) is 4.89. The summed E-state index contributed by atoms with van der Waals surface area (Å²) in [5.41, 5.74) is 5.12. The van der Waals surface area contributed by atoms with Crippen molar-refractivity contribution in [3.8, 4) is 0 Å². The molecule has 0 aliphatic rings. The third-order valence-electron chi connectivity index (χ3n) is 2.13. The van der Waals surface area contributed by atoms with Gasteiger partial charge in [0.1, 0.15) is 12.0 Å². The maximum Gasteiger partial charge on any atom is 0.169 e. The molecule has 90 valence electrons. The topological polar surface area (TPSA) is 68.8 Å². The van der Waals surface area contributed by atoms with Crippen molar-refractivity contribution >= 4 is 11.4 Å². The van der Waals surface area contributed by atoms with Gasteiger partial charge in [0.2, 0.25) is 0 Å². The number of halogens is 2. The number of nitrogens with zero attached hydrogens (tertiary/aromatic N) is 3. The lowest BCUT2D eigenvalue weighted by molar-refractivity contribution is 0.588. The Labute approximate surface area is 96.3 Å². The minimum Gasteiger partial charge on any atom is -0.399 e.